The Morgan fingerprint density at radius 1 is 1.24 bits per heavy atom. The highest BCUT2D eigenvalue weighted by Crippen LogP contribution is 2.44. The second kappa shape index (κ2) is 5.47. The third-order valence-electron chi connectivity index (χ3n) is 3.02. The number of phenols is 1. The van der Waals surface area contributed by atoms with E-state index in [4.69, 9.17) is 15.2 Å². The Morgan fingerprint density at radius 2 is 1.71 bits per heavy atom. The van der Waals surface area contributed by atoms with Crippen molar-refractivity contribution in [2.24, 2.45) is 11.7 Å². The van der Waals surface area contributed by atoms with E-state index in [0.29, 0.717) is 17.4 Å². The molecule has 1 aromatic carbocycles. The number of methoxy groups -OCH3 is 2. The van der Waals surface area contributed by atoms with Gasteiger partial charge in [0.1, 0.15) is 0 Å². The highest BCUT2D eigenvalue weighted by molar-refractivity contribution is 5.85. The molecule has 4 nitrogen and oxygen atoms in total. The van der Waals surface area contributed by atoms with Gasteiger partial charge in [0, 0.05) is 6.04 Å². The number of halogens is 1. The lowest BCUT2D eigenvalue weighted by Gasteiger charge is -2.15. The minimum atomic E-state index is 0. The predicted molar refractivity (Wildman–Crippen MR) is 68.1 cm³/mol. The molecule has 0 aromatic heterocycles. The Morgan fingerprint density at radius 3 is 2.06 bits per heavy atom. The predicted octanol–water partition coefficient (Wildman–Crippen LogP) is 2.24. The number of rotatable bonds is 4. The standard InChI is InChI=1S/C12H17NO3.ClH/c1-15-9-5-8(11(13)7-3-4-7)6-10(16-2)12(9)14;/h5-7,11,14H,3-4,13H2,1-2H3;1H/t11-;/m0./s1. The summed E-state index contributed by atoms with van der Waals surface area (Å²) in [6, 6.07) is 3.56. The molecule has 0 unspecified atom stereocenters. The van der Waals surface area contributed by atoms with Crippen molar-refractivity contribution in [3.8, 4) is 17.2 Å². The van der Waals surface area contributed by atoms with Crippen LogP contribution < -0.4 is 15.2 Å². The van der Waals surface area contributed by atoms with E-state index in [0.717, 1.165) is 5.56 Å². The highest BCUT2D eigenvalue weighted by atomic mass is 35.5. The summed E-state index contributed by atoms with van der Waals surface area (Å²) in [5, 5.41) is 9.76. The summed E-state index contributed by atoms with van der Waals surface area (Å²) in [5.74, 6) is 1.40. The van der Waals surface area contributed by atoms with Crippen molar-refractivity contribution in [2.45, 2.75) is 18.9 Å². The van der Waals surface area contributed by atoms with E-state index in [1.54, 1.807) is 12.1 Å². The van der Waals surface area contributed by atoms with Crippen molar-refractivity contribution < 1.29 is 14.6 Å². The van der Waals surface area contributed by atoms with Crippen LogP contribution in [-0.2, 0) is 0 Å². The molecule has 0 amide bonds. The van der Waals surface area contributed by atoms with Gasteiger partial charge >= 0.3 is 0 Å². The molecule has 0 bridgehead atoms. The van der Waals surface area contributed by atoms with Crippen LogP contribution in [0.15, 0.2) is 12.1 Å². The third kappa shape index (κ3) is 2.76. The molecule has 1 atom stereocenters. The van der Waals surface area contributed by atoms with E-state index in [2.05, 4.69) is 0 Å². The van der Waals surface area contributed by atoms with Gasteiger partial charge in [0.05, 0.1) is 14.2 Å². The van der Waals surface area contributed by atoms with Crippen molar-refractivity contribution in [2.75, 3.05) is 14.2 Å². The summed E-state index contributed by atoms with van der Waals surface area (Å²) in [6.07, 6.45) is 2.35. The first-order valence-electron chi connectivity index (χ1n) is 5.37. The summed E-state index contributed by atoms with van der Waals surface area (Å²) in [5.41, 5.74) is 7.06. The van der Waals surface area contributed by atoms with Gasteiger partial charge in [0.15, 0.2) is 11.5 Å². The molecule has 0 aliphatic heterocycles. The van der Waals surface area contributed by atoms with Crippen LogP contribution in [0.1, 0.15) is 24.4 Å². The second-order valence-electron chi connectivity index (χ2n) is 4.14. The first-order valence-corrected chi connectivity index (χ1v) is 5.37. The fourth-order valence-corrected chi connectivity index (χ4v) is 1.83. The van der Waals surface area contributed by atoms with Crippen molar-refractivity contribution in [1.82, 2.24) is 0 Å². The van der Waals surface area contributed by atoms with Crippen molar-refractivity contribution in [3.05, 3.63) is 17.7 Å². The van der Waals surface area contributed by atoms with Gasteiger partial charge in [-0.2, -0.15) is 0 Å². The molecule has 3 N–H and O–H groups in total. The molecule has 0 radical (unpaired) electrons. The Hall–Kier alpha value is -1.13. The molecule has 1 aliphatic rings. The molecular weight excluding hydrogens is 242 g/mol. The molecule has 0 heterocycles. The lowest BCUT2D eigenvalue weighted by Crippen LogP contribution is -2.12. The number of nitrogens with two attached hydrogens (primary N) is 1. The lowest BCUT2D eigenvalue weighted by atomic mass is 10.0. The number of benzene rings is 1. The fraction of sp³-hybridized carbons (Fsp3) is 0.500. The van der Waals surface area contributed by atoms with Crippen LogP contribution in [0.5, 0.6) is 17.2 Å². The second-order valence-corrected chi connectivity index (χ2v) is 4.14. The SMILES string of the molecule is COc1cc([C@@H](N)C2CC2)cc(OC)c1O.Cl. The van der Waals surface area contributed by atoms with Crippen LogP contribution in [0, 0.1) is 5.92 Å². The molecule has 96 valence electrons. The number of ether oxygens (including phenoxy) is 2. The maximum atomic E-state index is 9.76. The summed E-state index contributed by atoms with van der Waals surface area (Å²) < 4.78 is 10.2. The minimum absolute atomic E-state index is 0. The van der Waals surface area contributed by atoms with Crippen molar-refractivity contribution >= 4 is 12.4 Å². The van der Waals surface area contributed by atoms with E-state index in [-0.39, 0.29) is 24.2 Å². The molecule has 1 aromatic rings. The van der Waals surface area contributed by atoms with Crippen LogP contribution in [0.3, 0.4) is 0 Å². The summed E-state index contributed by atoms with van der Waals surface area (Å²) in [7, 11) is 3.03. The van der Waals surface area contributed by atoms with E-state index < -0.39 is 0 Å². The van der Waals surface area contributed by atoms with Gasteiger partial charge in [0.2, 0.25) is 5.75 Å². The van der Waals surface area contributed by atoms with E-state index in [1.807, 2.05) is 0 Å². The average Bonchev–Trinajstić information content (AvgIpc) is 3.12. The van der Waals surface area contributed by atoms with Crippen LogP contribution in [0.25, 0.3) is 0 Å². The van der Waals surface area contributed by atoms with Gasteiger partial charge in [-0.25, -0.2) is 0 Å². The zero-order valence-corrected chi connectivity index (χ0v) is 10.8. The van der Waals surface area contributed by atoms with E-state index in [1.165, 1.54) is 27.1 Å². The highest BCUT2D eigenvalue weighted by Gasteiger charge is 2.30. The normalized spacial score (nSPS) is 15.9. The molecule has 1 aliphatic carbocycles. The van der Waals surface area contributed by atoms with Gasteiger partial charge in [-0.3, -0.25) is 0 Å². The average molecular weight is 260 g/mol. The topological polar surface area (TPSA) is 64.7 Å². The van der Waals surface area contributed by atoms with Gasteiger partial charge in [0.25, 0.3) is 0 Å². The smallest absolute Gasteiger partial charge is 0.200 e. The van der Waals surface area contributed by atoms with Crippen LogP contribution in [-0.4, -0.2) is 19.3 Å². The van der Waals surface area contributed by atoms with E-state index in [9.17, 15) is 5.11 Å². The number of aromatic hydroxyl groups is 1. The monoisotopic (exact) mass is 259 g/mol. The van der Waals surface area contributed by atoms with Gasteiger partial charge in [-0.15, -0.1) is 12.4 Å². The molecule has 1 saturated carbocycles. The molecule has 1 fully saturated rings. The molecule has 2 rings (SSSR count). The third-order valence-corrected chi connectivity index (χ3v) is 3.02. The van der Waals surface area contributed by atoms with Gasteiger partial charge in [-0.1, -0.05) is 0 Å². The van der Waals surface area contributed by atoms with Crippen LogP contribution in [0.2, 0.25) is 0 Å². The Balaban J connectivity index is 0.00000144. The van der Waals surface area contributed by atoms with Crippen LogP contribution >= 0.6 is 12.4 Å². The number of hydrogen-bond donors (Lipinski definition) is 2. The summed E-state index contributed by atoms with van der Waals surface area (Å²) >= 11 is 0. The Bertz CT molecular complexity index is 368. The summed E-state index contributed by atoms with van der Waals surface area (Å²) in [6.45, 7) is 0. The zero-order chi connectivity index (χ0) is 11.7. The number of phenolic OH excluding ortho intramolecular Hbond substituents is 1. The molecule has 17 heavy (non-hydrogen) atoms. The first-order chi connectivity index (χ1) is 7.67. The maximum absolute atomic E-state index is 9.76. The summed E-state index contributed by atoms with van der Waals surface area (Å²) in [4.78, 5) is 0. The fourth-order valence-electron chi connectivity index (χ4n) is 1.83. The molecule has 5 heteroatoms. The lowest BCUT2D eigenvalue weighted by molar-refractivity contribution is 0.338. The maximum Gasteiger partial charge on any atom is 0.200 e. The Kier molecular flexibility index (Phi) is 4.48. The molecular formula is C12H18ClNO3. The molecule has 0 spiro atoms. The van der Waals surface area contributed by atoms with Crippen molar-refractivity contribution in [3.63, 3.8) is 0 Å². The first kappa shape index (κ1) is 13.9. The van der Waals surface area contributed by atoms with Crippen LogP contribution in [0.4, 0.5) is 0 Å². The molecule has 0 saturated heterocycles. The van der Waals surface area contributed by atoms with E-state index >= 15 is 0 Å². The van der Waals surface area contributed by atoms with Gasteiger partial charge in [-0.05, 0) is 36.5 Å². The number of hydrogen-bond acceptors (Lipinski definition) is 4. The van der Waals surface area contributed by atoms with Gasteiger partial charge < -0.3 is 20.3 Å². The minimum Gasteiger partial charge on any atom is -0.502 e. The zero-order valence-electron chi connectivity index (χ0n) is 9.97. The Labute approximate surface area is 107 Å². The van der Waals surface area contributed by atoms with Crippen molar-refractivity contribution in [1.29, 1.82) is 0 Å². The largest absolute Gasteiger partial charge is 0.502 e. The quantitative estimate of drug-likeness (QED) is 0.870.